The average molecular weight is 296 g/mol. The fraction of sp³-hybridized carbons (Fsp3) is 0.765. The molecule has 0 aliphatic rings. The smallest absolute Gasteiger partial charge is 0.224 e. The molecule has 0 saturated carbocycles. The molecule has 0 aromatic heterocycles. The van der Waals surface area contributed by atoms with Gasteiger partial charge in [0.1, 0.15) is 0 Å². The molecule has 0 aliphatic heterocycles. The molecule has 0 aromatic carbocycles. The minimum absolute atomic E-state index is 0.0521. The first-order chi connectivity index (χ1) is 9.37. The summed E-state index contributed by atoms with van der Waals surface area (Å²) in [6.07, 6.45) is 4.91. The van der Waals surface area contributed by atoms with Crippen LogP contribution in [0.15, 0.2) is 12.2 Å². The maximum Gasteiger partial charge on any atom is 0.224 e. The zero-order valence-corrected chi connectivity index (χ0v) is 14.6. The summed E-state index contributed by atoms with van der Waals surface area (Å²) in [6.45, 7) is 13.9. The zero-order valence-electron chi connectivity index (χ0n) is 14.6. The highest BCUT2D eigenvalue weighted by Crippen LogP contribution is 2.31. The molecule has 4 heteroatoms. The lowest BCUT2D eigenvalue weighted by molar-refractivity contribution is -0.135. The third kappa shape index (κ3) is 8.53. The Bertz CT molecular complexity index is 387. The van der Waals surface area contributed by atoms with Gasteiger partial charge in [-0.15, -0.1) is 0 Å². The van der Waals surface area contributed by atoms with E-state index in [0.717, 1.165) is 0 Å². The molecule has 21 heavy (non-hydrogen) atoms. The second-order valence-electron chi connectivity index (χ2n) is 7.92. The number of carbonyl (C=O) groups is 2. The Labute approximate surface area is 129 Å². The largest absolute Gasteiger partial charge is 0.369 e. The van der Waals surface area contributed by atoms with Crippen LogP contribution in [0.2, 0.25) is 0 Å². The highest BCUT2D eigenvalue weighted by Gasteiger charge is 2.35. The normalized spacial score (nSPS) is 15.8. The lowest BCUT2D eigenvalue weighted by Gasteiger charge is -2.32. The molecule has 122 valence electrons. The van der Waals surface area contributed by atoms with Crippen LogP contribution in [0.25, 0.3) is 0 Å². The van der Waals surface area contributed by atoms with Crippen molar-refractivity contribution in [3.8, 4) is 0 Å². The molecular weight excluding hydrogens is 264 g/mol. The molecule has 3 N–H and O–H groups in total. The first-order valence-electron chi connectivity index (χ1n) is 7.60. The molecule has 0 spiro atoms. The summed E-state index contributed by atoms with van der Waals surface area (Å²) in [5.41, 5.74) is 5.17. The van der Waals surface area contributed by atoms with Crippen molar-refractivity contribution in [2.24, 2.45) is 23.0 Å². The van der Waals surface area contributed by atoms with Crippen molar-refractivity contribution >= 4 is 11.8 Å². The Kier molecular flexibility index (Phi) is 7.14. The summed E-state index contributed by atoms with van der Waals surface area (Å²) in [4.78, 5) is 24.4. The molecule has 0 heterocycles. The van der Waals surface area contributed by atoms with Gasteiger partial charge < -0.3 is 11.1 Å². The Morgan fingerprint density at radius 3 is 1.95 bits per heavy atom. The van der Waals surface area contributed by atoms with Gasteiger partial charge >= 0.3 is 0 Å². The van der Waals surface area contributed by atoms with E-state index in [1.54, 1.807) is 0 Å². The van der Waals surface area contributed by atoms with Gasteiger partial charge in [-0.2, -0.15) is 0 Å². The molecule has 2 atom stereocenters. The van der Waals surface area contributed by atoms with Gasteiger partial charge in [0.05, 0.1) is 11.8 Å². The molecule has 0 radical (unpaired) electrons. The molecule has 0 aliphatic carbocycles. The van der Waals surface area contributed by atoms with Crippen LogP contribution in [0.5, 0.6) is 0 Å². The van der Waals surface area contributed by atoms with E-state index < -0.39 is 17.7 Å². The Hall–Kier alpha value is -1.32. The van der Waals surface area contributed by atoms with Crippen molar-refractivity contribution in [2.75, 3.05) is 0 Å². The van der Waals surface area contributed by atoms with Gasteiger partial charge in [-0.25, -0.2) is 0 Å². The van der Waals surface area contributed by atoms with E-state index in [0.29, 0.717) is 12.8 Å². The first kappa shape index (κ1) is 19.7. The van der Waals surface area contributed by atoms with Crippen LogP contribution in [0.1, 0.15) is 61.3 Å². The highest BCUT2D eigenvalue weighted by molar-refractivity contribution is 5.87. The number of nitrogens with one attached hydrogen (secondary N) is 1. The van der Waals surface area contributed by atoms with Gasteiger partial charge in [0, 0.05) is 5.54 Å². The fourth-order valence-electron chi connectivity index (χ4n) is 2.30. The first-order valence-corrected chi connectivity index (χ1v) is 7.60. The predicted octanol–water partition coefficient (Wildman–Crippen LogP) is 3.02. The van der Waals surface area contributed by atoms with Crippen molar-refractivity contribution in [2.45, 2.75) is 66.8 Å². The summed E-state index contributed by atoms with van der Waals surface area (Å²) < 4.78 is 0. The summed E-state index contributed by atoms with van der Waals surface area (Å²) in [5, 5.41) is 2.98. The zero-order chi connectivity index (χ0) is 16.8. The molecule has 0 unspecified atom stereocenters. The minimum Gasteiger partial charge on any atom is -0.369 e. The van der Waals surface area contributed by atoms with E-state index in [4.69, 9.17) is 5.73 Å². The van der Waals surface area contributed by atoms with E-state index in [2.05, 4.69) is 26.1 Å². The van der Waals surface area contributed by atoms with Crippen LogP contribution in [0, 0.1) is 17.3 Å². The highest BCUT2D eigenvalue weighted by atomic mass is 16.2. The van der Waals surface area contributed by atoms with Crippen LogP contribution < -0.4 is 11.1 Å². The van der Waals surface area contributed by atoms with Crippen molar-refractivity contribution in [1.82, 2.24) is 5.32 Å². The number of amides is 2. The summed E-state index contributed by atoms with van der Waals surface area (Å²) in [7, 11) is 0. The van der Waals surface area contributed by atoms with Crippen molar-refractivity contribution < 1.29 is 9.59 Å². The Balaban J connectivity index is 5.35. The van der Waals surface area contributed by atoms with E-state index in [-0.39, 0.29) is 16.9 Å². The van der Waals surface area contributed by atoms with Crippen molar-refractivity contribution in [1.29, 1.82) is 0 Å². The fourth-order valence-corrected chi connectivity index (χ4v) is 2.30. The minimum atomic E-state index is -0.470. The van der Waals surface area contributed by atoms with Crippen LogP contribution in [0.4, 0.5) is 0 Å². The van der Waals surface area contributed by atoms with Crippen molar-refractivity contribution in [3.63, 3.8) is 0 Å². The number of carbonyl (C=O) groups excluding carboxylic acids is 2. The number of hydrogen-bond acceptors (Lipinski definition) is 2. The molecule has 0 rings (SSSR count). The molecule has 0 bridgehead atoms. The molecule has 0 aromatic rings. The number of nitrogens with two attached hydrogens (primary N) is 1. The number of hydrogen-bond donors (Lipinski definition) is 2. The van der Waals surface area contributed by atoms with E-state index in [1.807, 2.05) is 39.8 Å². The molecule has 0 fully saturated rings. The van der Waals surface area contributed by atoms with Crippen LogP contribution in [-0.4, -0.2) is 17.4 Å². The average Bonchev–Trinajstić information content (AvgIpc) is 2.23. The SMILES string of the molecule is C/C=C/C[C@H](C(N)=O)[C@@H](CC(C)(C)C)C(=O)NC(C)(C)C. The van der Waals surface area contributed by atoms with Gasteiger partial charge in [0.25, 0.3) is 0 Å². The second kappa shape index (κ2) is 7.62. The maximum atomic E-state index is 12.6. The summed E-state index contributed by atoms with van der Waals surface area (Å²) in [5.74, 6) is -1.38. The van der Waals surface area contributed by atoms with E-state index in [1.165, 1.54) is 0 Å². The van der Waals surface area contributed by atoms with Crippen LogP contribution >= 0.6 is 0 Å². The molecule has 2 amide bonds. The van der Waals surface area contributed by atoms with Gasteiger partial charge in [-0.3, -0.25) is 9.59 Å². The third-order valence-electron chi connectivity index (χ3n) is 3.14. The summed E-state index contributed by atoms with van der Waals surface area (Å²) in [6, 6.07) is 0. The second-order valence-corrected chi connectivity index (χ2v) is 7.92. The standard InChI is InChI=1S/C17H32N2O2/c1-8-9-10-12(14(18)20)13(11-16(2,3)4)15(21)19-17(5,6)7/h8-9,12-13H,10-11H2,1-7H3,(H2,18,20)(H,19,21)/b9-8+/t12-,13+/m0/s1. The number of allylic oxidation sites excluding steroid dienone is 2. The number of rotatable bonds is 6. The van der Waals surface area contributed by atoms with Crippen LogP contribution in [-0.2, 0) is 9.59 Å². The summed E-state index contributed by atoms with van der Waals surface area (Å²) >= 11 is 0. The molecular formula is C17H32N2O2. The predicted molar refractivity (Wildman–Crippen MR) is 87.6 cm³/mol. The van der Waals surface area contributed by atoms with Gasteiger partial charge in [-0.05, 0) is 46.0 Å². The van der Waals surface area contributed by atoms with Crippen molar-refractivity contribution in [3.05, 3.63) is 12.2 Å². The van der Waals surface area contributed by atoms with Gasteiger partial charge in [0.2, 0.25) is 11.8 Å². The third-order valence-corrected chi connectivity index (χ3v) is 3.14. The van der Waals surface area contributed by atoms with E-state index >= 15 is 0 Å². The number of primary amides is 1. The quantitative estimate of drug-likeness (QED) is 0.739. The monoisotopic (exact) mass is 296 g/mol. The van der Waals surface area contributed by atoms with Gasteiger partial charge in [-0.1, -0.05) is 32.9 Å². The lowest BCUT2D eigenvalue weighted by Crippen LogP contribution is -2.48. The molecule has 4 nitrogen and oxygen atoms in total. The lowest BCUT2D eigenvalue weighted by atomic mass is 9.76. The topological polar surface area (TPSA) is 72.2 Å². The Morgan fingerprint density at radius 1 is 1.10 bits per heavy atom. The van der Waals surface area contributed by atoms with E-state index in [9.17, 15) is 9.59 Å². The molecule has 0 saturated heterocycles. The Morgan fingerprint density at radius 2 is 1.62 bits per heavy atom. The van der Waals surface area contributed by atoms with Gasteiger partial charge in [0.15, 0.2) is 0 Å². The maximum absolute atomic E-state index is 12.6. The van der Waals surface area contributed by atoms with Crippen LogP contribution in [0.3, 0.4) is 0 Å².